The van der Waals surface area contributed by atoms with Crippen molar-refractivity contribution in [2.45, 2.75) is 37.4 Å². The van der Waals surface area contributed by atoms with Crippen molar-refractivity contribution in [2.75, 3.05) is 19.6 Å². The van der Waals surface area contributed by atoms with Gasteiger partial charge in [0.25, 0.3) is 0 Å². The molecule has 2 aliphatic rings. The molecule has 4 rings (SSSR count). The molecule has 2 aliphatic heterocycles. The van der Waals surface area contributed by atoms with Gasteiger partial charge in [-0.1, -0.05) is 36.4 Å². The van der Waals surface area contributed by atoms with Crippen LogP contribution in [0.5, 0.6) is 0 Å². The molecule has 0 bridgehead atoms. The van der Waals surface area contributed by atoms with Crippen molar-refractivity contribution in [1.29, 1.82) is 10.5 Å². The summed E-state index contributed by atoms with van der Waals surface area (Å²) >= 11 is 0. The summed E-state index contributed by atoms with van der Waals surface area (Å²) in [5.74, 6) is -0.0962. The van der Waals surface area contributed by atoms with Crippen LogP contribution in [0.4, 0.5) is 0 Å². The number of nitriles is 2. The van der Waals surface area contributed by atoms with Gasteiger partial charge < -0.3 is 10.6 Å². The molecule has 30 heavy (non-hydrogen) atoms. The zero-order chi connectivity index (χ0) is 20.9. The van der Waals surface area contributed by atoms with Crippen LogP contribution in [0.15, 0.2) is 48.5 Å². The minimum absolute atomic E-state index is 0.0962. The largest absolute Gasteiger partial charge is 0.339 e. The zero-order valence-corrected chi connectivity index (χ0v) is 16.8. The number of rotatable bonds is 5. The second-order valence-corrected chi connectivity index (χ2v) is 8.03. The molecular weight excluding hydrogens is 374 g/mol. The van der Waals surface area contributed by atoms with E-state index in [2.05, 4.69) is 27.7 Å². The van der Waals surface area contributed by atoms with E-state index in [1.165, 1.54) is 12.8 Å². The number of amides is 1. The van der Waals surface area contributed by atoms with Gasteiger partial charge in [-0.3, -0.25) is 9.69 Å². The van der Waals surface area contributed by atoms with Gasteiger partial charge >= 0.3 is 0 Å². The number of nitrogens with zero attached hydrogens (tertiary/aromatic N) is 3. The van der Waals surface area contributed by atoms with Crippen molar-refractivity contribution >= 4 is 5.91 Å². The topological polar surface area (TPSA) is 92.0 Å². The first-order valence-corrected chi connectivity index (χ1v) is 10.4. The molecule has 2 heterocycles. The van der Waals surface area contributed by atoms with Crippen molar-refractivity contribution in [1.82, 2.24) is 15.5 Å². The van der Waals surface area contributed by atoms with Crippen LogP contribution >= 0.6 is 0 Å². The Morgan fingerprint density at radius 3 is 2.50 bits per heavy atom. The van der Waals surface area contributed by atoms with E-state index < -0.39 is 6.04 Å². The molecule has 0 aliphatic carbocycles. The smallest absolute Gasteiger partial charge is 0.239 e. The maximum atomic E-state index is 12.7. The lowest BCUT2D eigenvalue weighted by atomic mass is 10.00. The monoisotopic (exact) mass is 399 g/mol. The van der Waals surface area contributed by atoms with E-state index in [1.807, 2.05) is 36.4 Å². The molecule has 3 atom stereocenters. The number of hydrogen-bond acceptors (Lipinski definition) is 5. The second kappa shape index (κ2) is 9.09. The second-order valence-electron chi connectivity index (χ2n) is 8.03. The van der Waals surface area contributed by atoms with Gasteiger partial charge in [-0.05, 0) is 48.2 Å². The summed E-state index contributed by atoms with van der Waals surface area (Å²) in [5.41, 5.74) is 3.72. The van der Waals surface area contributed by atoms with E-state index in [0.29, 0.717) is 24.6 Å². The molecule has 6 heteroatoms. The van der Waals surface area contributed by atoms with E-state index >= 15 is 0 Å². The minimum Gasteiger partial charge on any atom is -0.339 e. The quantitative estimate of drug-likeness (QED) is 0.804. The third-order valence-electron chi connectivity index (χ3n) is 6.05. The Balaban J connectivity index is 1.34. The average molecular weight is 399 g/mol. The van der Waals surface area contributed by atoms with Crippen LogP contribution in [0.2, 0.25) is 0 Å². The summed E-state index contributed by atoms with van der Waals surface area (Å²) in [7, 11) is 0. The molecule has 0 saturated carbocycles. The van der Waals surface area contributed by atoms with E-state index in [0.717, 1.165) is 29.8 Å². The number of piperazine rings is 1. The van der Waals surface area contributed by atoms with Crippen LogP contribution in [0.3, 0.4) is 0 Å². The van der Waals surface area contributed by atoms with Gasteiger partial charge in [-0.2, -0.15) is 10.5 Å². The molecular formula is C24H25N5O. The van der Waals surface area contributed by atoms with Gasteiger partial charge in [0.05, 0.1) is 23.7 Å². The lowest BCUT2D eigenvalue weighted by Crippen LogP contribution is -2.60. The Morgan fingerprint density at radius 1 is 1.13 bits per heavy atom. The molecule has 1 amide bonds. The molecule has 0 spiro atoms. The van der Waals surface area contributed by atoms with Crippen molar-refractivity contribution in [3.63, 3.8) is 0 Å². The fourth-order valence-electron chi connectivity index (χ4n) is 4.33. The van der Waals surface area contributed by atoms with Crippen molar-refractivity contribution in [2.24, 2.45) is 0 Å². The SMILES string of the molecule is N#Cc1ccc(-c2ccc(C[C@@H](C#N)NC(=O)[C@@H]3CN4CCC[C@@H]4CN3)cc2)cc1. The molecule has 152 valence electrons. The van der Waals surface area contributed by atoms with E-state index in [-0.39, 0.29) is 11.9 Å². The minimum atomic E-state index is -0.559. The first-order valence-electron chi connectivity index (χ1n) is 10.4. The van der Waals surface area contributed by atoms with E-state index in [4.69, 9.17) is 5.26 Å². The fraction of sp³-hybridized carbons (Fsp3) is 0.375. The summed E-state index contributed by atoms with van der Waals surface area (Å²) in [5, 5.41) is 24.7. The number of benzene rings is 2. The van der Waals surface area contributed by atoms with Gasteiger partial charge in [-0.15, -0.1) is 0 Å². The molecule has 0 unspecified atom stereocenters. The normalized spacial score (nSPS) is 21.8. The maximum absolute atomic E-state index is 12.7. The van der Waals surface area contributed by atoms with Crippen LogP contribution in [0.25, 0.3) is 11.1 Å². The molecule has 2 aromatic carbocycles. The third-order valence-corrected chi connectivity index (χ3v) is 6.05. The van der Waals surface area contributed by atoms with Crippen LogP contribution in [-0.4, -0.2) is 48.6 Å². The Morgan fingerprint density at radius 2 is 1.83 bits per heavy atom. The molecule has 2 aromatic rings. The first kappa shape index (κ1) is 20.1. The van der Waals surface area contributed by atoms with Crippen molar-refractivity contribution < 1.29 is 4.79 Å². The Hall–Kier alpha value is -3.19. The van der Waals surface area contributed by atoms with Gasteiger partial charge in [0.1, 0.15) is 6.04 Å². The molecule has 2 saturated heterocycles. The van der Waals surface area contributed by atoms with Gasteiger partial charge in [0.15, 0.2) is 0 Å². The number of carbonyl (C=O) groups excluding carboxylic acids is 1. The molecule has 2 N–H and O–H groups in total. The van der Waals surface area contributed by atoms with Crippen molar-refractivity contribution in [3.8, 4) is 23.3 Å². The highest BCUT2D eigenvalue weighted by molar-refractivity contribution is 5.82. The predicted molar refractivity (Wildman–Crippen MR) is 114 cm³/mol. The van der Waals surface area contributed by atoms with E-state index in [1.54, 1.807) is 12.1 Å². The highest BCUT2D eigenvalue weighted by Gasteiger charge is 2.34. The molecule has 2 fully saturated rings. The number of carbonyl (C=O) groups is 1. The third kappa shape index (κ3) is 4.52. The first-order chi connectivity index (χ1) is 14.7. The van der Waals surface area contributed by atoms with E-state index in [9.17, 15) is 10.1 Å². The van der Waals surface area contributed by atoms with Crippen LogP contribution in [0.1, 0.15) is 24.0 Å². The predicted octanol–water partition coefficient (Wildman–Crippen LogP) is 2.21. The van der Waals surface area contributed by atoms with Crippen molar-refractivity contribution in [3.05, 3.63) is 59.7 Å². The molecule has 0 aromatic heterocycles. The summed E-state index contributed by atoms with van der Waals surface area (Å²) in [4.78, 5) is 15.0. The summed E-state index contributed by atoms with van der Waals surface area (Å²) < 4.78 is 0. The lowest BCUT2D eigenvalue weighted by molar-refractivity contribution is -0.124. The van der Waals surface area contributed by atoms with Crippen LogP contribution < -0.4 is 10.6 Å². The zero-order valence-electron chi connectivity index (χ0n) is 16.8. The highest BCUT2D eigenvalue weighted by Crippen LogP contribution is 2.21. The Labute approximate surface area is 177 Å². The van der Waals surface area contributed by atoms with Crippen LogP contribution in [0, 0.1) is 22.7 Å². The number of nitrogens with one attached hydrogen (secondary N) is 2. The standard InChI is InChI=1S/C24H25N5O/c25-13-18-5-9-20(10-6-18)19-7-3-17(4-8-19)12-21(14-26)28-24(30)23-16-29-11-1-2-22(29)15-27-23/h3-10,21-23,27H,1-2,11-12,15-16H2,(H,28,30)/t21-,22+,23-/m0/s1. The van der Waals surface area contributed by atoms with Gasteiger partial charge in [0, 0.05) is 25.6 Å². The van der Waals surface area contributed by atoms with Gasteiger partial charge in [0.2, 0.25) is 5.91 Å². The summed E-state index contributed by atoms with van der Waals surface area (Å²) in [6.45, 7) is 2.61. The average Bonchev–Trinajstić information content (AvgIpc) is 3.27. The molecule has 6 nitrogen and oxygen atoms in total. The van der Waals surface area contributed by atoms with Gasteiger partial charge in [-0.25, -0.2) is 0 Å². The lowest BCUT2D eigenvalue weighted by Gasteiger charge is -2.35. The number of hydrogen-bond donors (Lipinski definition) is 2. The van der Waals surface area contributed by atoms with Crippen LogP contribution in [-0.2, 0) is 11.2 Å². The number of fused-ring (bicyclic) bond motifs is 1. The summed E-state index contributed by atoms with van der Waals surface area (Å²) in [6.07, 6.45) is 2.86. The Bertz CT molecular complexity index is 971. The Kier molecular flexibility index (Phi) is 6.09. The maximum Gasteiger partial charge on any atom is 0.239 e. The highest BCUT2D eigenvalue weighted by atomic mass is 16.2. The molecule has 0 radical (unpaired) electrons. The fourth-order valence-corrected chi connectivity index (χ4v) is 4.33. The summed E-state index contributed by atoms with van der Waals surface area (Å²) in [6, 6.07) is 19.5.